The summed E-state index contributed by atoms with van der Waals surface area (Å²) in [5.74, 6) is 1.78. The average Bonchev–Trinajstić information content (AvgIpc) is 2.41. The van der Waals surface area contributed by atoms with Gasteiger partial charge in [0.25, 0.3) is 0 Å². The van der Waals surface area contributed by atoms with Crippen LogP contribution < -0.4 is 9.16 Å². The Morgan fingerprint density at radius 1 is 1.05 bits per heavy atom. The molecule has 118 valence electrons. The van der Waals surface area contributed by atoms with Gasteiger partial charge in [0.05, 0.1) is 6.61 Å². The second-order valence-electron chi connectivity index (χ2n) is 7.25. The van der Waals surface area contributed by atoms with E-state index in [1.165, 1.54) is 6.42 Å². The maximum atomic E-state index is 6.26. The Kier molecular flexibility index (Phi) is 4.99. The van der Waals surface area contributed by atoms with Gasteiger partial charge in [-0.1, -0.05) is 20.8 Å². The summed E-state index contributed by atoms with van der Waals surface area (Å²) in [7, 11) is -1.77. The Morgan fingerprint density at radius 3 is 2.19 bits per heavy atom. The summed E-state index contributed by atoms with van der Waals surface area (Å²) in [6.07, 6.45) is 3.20. The van der Waals surface area contributed by atoms with Gasteiger partial charge in [0.1, 0.15) is 11.5 Å². The summed E-state index contributed by atoms with van der Waals surface area (Å²) in [4.78, 5) is 0. The Hall–Kier alpha value is -1.00. The third-order valence-corrected chi connectivity index (χ3v) is 8.77. The fraction of sp³-hybridized carbons (Fsp3) is 0.647. The largest absolute Gasteiger partial charge is 0.543 e. The smallest absolute Gasteiger partial charge is 0.250 e. The number of hydrogen-bond acceptors (Lipinski definition) is 3. The zero-order valence-corrected chi connectivity index (χ0v) is 14.9. The lowest BCUT2D eigenvalue weighted by Gasteiger charge is -2.36. The Labute approximate surface area is 129 Å². The van der Waals surface area contributed by atoms with Crippen LogP contribution in [0.15, 0.2) is 24.3 Å². The minimum absolute atomic E-state index is 0.0918. The molecule has 1 saturated heterocycles. The molecule has 1 heterocycles. The van der Waals surface area contributed by atoms with Gasteiger partial charge in [0, 0.05) is 6.42 Å². The Balaban J connectivity index is 1.95. The first-order valence-electron chi connectivity index (χ1n) is 7.85. The highest BCUT2D eigenvalue weighted by atomic mass is 28.4. The van der Waals surface area contributed by atoms with E-state index in [1.54, 1.807) is 0 Å². The van der Waals surface area contributed by atoms with E-state index >= 15 is 0 Å². The molecule has 3 nitrogen and oxygen atoms in total. The molecular weight excluding hydrogens is 280 g/mol. The number of benzene rings is 1. The van der Waals surface area contributed by atoms with Gasteiger partial charge in [0.2, 0.25) is 8.32 Å². The molecule has 1 aliphatic rings. The van der Waals surface area contributed by atoms with Gasteiger partial charge in [-0.15, -0.1) is 0 Å². The molecule has 1 aromatic carbocycles. The highest BCUT2D eigenvalue weighted by Crippen LogP contribution is 2.37. The van der Waals surface area contributed by atoms with Crippen LogP contribution in [0.1, 0.15) is 40.0 Å². The summed E-state index contributed by atoms with van der Waals surface area (Å²) in [6.45, 7) is 12.1. The molecule has 0 radical (unpaired) electrons. The first-order chi connectivity index (χ1) is 9.78. The molecule has 0 bridgehead atoms. The first kappa shape index (κ1) is 16.4. The lowest BCUT2D eigenvalue weighted by atomic mass is 10.2. The van der Waals surface area contributed by atoms with Crippen molar-refractivity contribution in [3.8, 4) is 11.5 Å². The monoisotopic (exact) mass is 308 g/mol. The van der Waals surface area contributed by atoms with Crippen molar-refractivity contribution in [1.82, 2.24) is 0 Å². The van der Waals surface area contributed by atoms with Crippen LogP contribution >= 0.6 is 0 Å². The Bertz CT molecular complexity index is 442. The highest BCUT2D eigenvalue weighted by molar-refractivity contribution is 6.74. The van der Waals surface area contributed by atoms with E-state index in [-0.39, 0.29) is 11.3 Å². The van der Waals surface area contributed by atoms with Crippen LogP contribution in [0.2, 0.25) is 18.1 Å². The van der Waals surface area contributed by atoms with Gasteiger partial charge in [-0.3, -0.25) is 0 Å². The third-order valence-electron chi connectivity index (χ3n) is 4.41. The molecule has 1 aromatic rings. The van der Waals surface area contributed by atoms with Gasteiger partial charge in [0.15, 0.2) is 6.29 Å². The second-order valence-corrected chi connectivity index (χ2v) is 12.0. The third kappa shape index (κ3) is 4.48. The molecule has 0 amide bonds. The van der Waals surface area contributed by atoms with Crippen molar-refractivity contribution in [2.24, 2.45) is 0 Å². The summed E-state index contributed by atoms with van der Waals surface area (Å²) in [6, 6.07) is 7.94. The maximum absolute atomic E-state index is 6.26. The van der Waals surface area contributed by atoms with Gasteiger partial charge in [-0.25, -0.2) is 0 Å². The second kappa shape index (κ2) is 6.40. The van der Waals surface area contributed by atoms with E-state index in [0.29, 0.717) is 0 Å². The van der Waals surface area contributed by atoms with Gasteiger partial charge < -0.3 is 13.9 Å². The minimum Gasteiger partial charge on any atom is -0.543 e. The van der Waals surface area contributed by atoms with Crippen molar-refractivity contribution in [2.75, 3.05) is 6.61 Å². The van der Waals surface area contributed by atoms with Crippen molar-refractivity contribution in [2.45, 2.75) is 64.5 Å². The van der Waals surface area contributed by atoms with Crippen LogP contribution in [0, 0.1) is 0 Å². The van der Waals surface area contributed by atoms with Gasteiger partial charge in [-0.05, 0) is 55.2 Å². The van der Waals surface area contributed by atoms with Crippen molar-refractivity contribution in [3.05, 3.63) is 24.3 Å². The molecule has 1 fully saturated rings. The first-order valence-corrected chi connectivity index (χ1v) is 10.8. The fourth-order valence-corrected chi connectivity index (χ4v) is 3.02. The summed E-state index contributed by atoms with van der Waals surface area (Å²) in [5, 5.41) is 0.206. The molecular formula is C17H28O3Si. The van der Waals surface area contributed by atoms with E-state index in [1.807, 2.05) is 24.3 Å². The topological polar surface area (TPSA) is 27.7 Å². The van der Waals surface area contributed by atoms with Crippen LogP contribution in [0.4, 0.5) is 0 Å². The molecule has 1 unspecified atom stereocenters. The van der Waals surface area contributed by atoms with Crippen molar-refractivity contribution in [3.63, 3.8) is 0 Å². The van der Waals surface area contributed by atoms with Crippen molar-refractivity contribution in [1.29, 1.82) is 0 Å². The van der Waals surface area contributed by atoms with Crippen LogP contribution in [0.3, 0.4) is 0 Å². The van der Waals surface area contributed by atoms with Gasteiger partial charge >= 0.3 is 0 Å². The molecule has 0 aromatic heterocycles. The molecule has 1 atom stereocenters. The molecule has 21 heavy (non-hydrogen) atoms. The van der Waals surface area contributed by atoms with Crippen LogP contribution in [0.5, 0.6) is 11.5 Å². The van der Waals surface area contributed by atoms with Crippen LogP contribution in [-0.2, 0) is 4.74 Å². The molecule has 0 saturated carbocycles. The summed E-state index contributed by atoms with van der Waals surface area (Å²) < 4.78 is 17.7. The van der Waals surface area contributed by atoms with E-state index in [2.05, 4.69) is 33.9 Å². The molecule has 1 aliphatic heterocycles. The van der Waals surface area contributed by atoms with Crippen molar-refractivity contribution >= 4 is 8.32 Å². The number of hydrogen-bond donors (Lipinski definition) is 0. The highest BCUT2D eigenvalue weighted by Gasteiger charge is 2.38. The fourth-order valence-electron chi connectivity index (χ4n) is 1.99. The van der Waals surface area contributed by atoms with Crippen LogP contribution in [-0.4, -0.2) is 21.2 Å². The molecule has 2 rings (SSSR count). The zero-order valence-electron chi connectivity index (χ0n) is 13.9. The van der Waals surface area contributed by atoms with E-state index in [4.69, 9.17) is 13.9 Å². The molecule has 0 aliphatic carbocycles. The Morgan fingerprint density at radius 2 is 1.67 bits per heavy atom. The zero-order chi connectivity index (χ0) is 15.5. The SMILES string of the molecule is CC(C)(C)[Si](C)(C)Oc1ccc(OC2CCCCO2)cc1. The minimum atomic E-state index is -1.77. The standard InChI is InChI=1S/C17H28O3Si/c1-17(2,3)21(4,5)20-15-11-9-14(10-12-15)19-16-8-6-7-13-18-16/h9-12,16H,6-8,13H2,1-5H3. The molecule has 4 heteroatoms. The van der Waals surface area contributed by atoms with E-state index < -0.39 is 8.32 Å². The molecule has 0 spiro atoms. The van der Waals surface area contributed by atoms with E-state index in [9.17, 15) is 0 Å². The maximum Gasteiger partial charge on any atom is 0.250 e. The summed E-state index contributed by atoms with van der Waals surface area (Å²) >= 11 is 0. The quantitative estimate of drug-likeness (QED) is 0.734. The number of rotatable bonds is 4. The van der Waals surface area contributed by atoms with E-state index in [0.717, 1.165) is 30.9 Å². The summed E-state index contributed by atoms with van der Waals surface area (Å²) in [5.41, 5.74) is 0. The predicted octanol–water partition coefficient (Wildman–Crippen LogP) is 4.98. The van der Waals surface area contributed by atoms with Gasteiger partial charge in [-0.2, -0.15) is 0 Å². The normalized spacial score (nSPS) is 20.1. The lowest BCUT2D eigenvalue weighted by Crippen LogP contribution is -2.43. The average molecular weight is 308 g/mol. The van der Waals surface area contributed by atoms with Crippen molar-refractivity contribution < 1.29 is 13.9 Å². The lowest BCUT2D eigenvalue weighted by molar-refractivity contribution is -0.105. The predicted molar refractivity (Wildman–Crippen MR) is 88.5 cm³/mol. The molecule has 0 N–H and O–H groups in total. The number of ether oxygens (including phenoxy) is 2. The van der Waals surface area contributed by atoms with Crippen LogP contribution in [0.25, 0.3) is 0 Å².